The molecule has 1 aliphatic heterocycles. The Morgan fingerprint density at radius 1 is 1.27 bits per heavy atom. The van der Waals surface area contributed by atoms with E-state index in [1.165, 1.54) is 12.5 Å². The van der Waals surface area contributed by atoms with Crippen molar-refractivity contribution in [3.63, 3.8) is 0 Å². The zero-order valence-electron chi connectivity index (χ0n) is 18.4. The van der Waals surface area contributed by atoms with E-state index in [4.69, 9.17) is 10.1 Å². The predicted molar refractivity (Wildman–Crippen MR) is 123 cm³/mol. The van der Waals surface area contributed by atoms with Crippen molar-refractivity contribution in [3.8, 4) is 5.88 Å². The molecule has 0 amide bonds. The molecule has 8 nitrogen and oxygen atoms in total. The van der Waals surface area contributed by atoms with Crippen molar-refractivity contribution in [3.05, 3.63) is 35.7 Å². The SMILES string of the molecule is Cc1cc(NCCN(C)C)ccc1Nc1ncnc(OC2CCN(C)CC2)c1C=N. The second-order valence-electron chi connectivity index (χ2n) is 8.09. The third-order valence-corrected chi connectivity index (χ3v) is 5.30. The number of benzene rings is 1. The van der Waals surface area contributed by atoms with Gasteiger partial charge in [0.1, 0.15) is 18.2 Å². The summed E-state index contributed by atoms with van der Waals surface area (Å²) in [6.07, 6.45) is 4.80. The van der Waals surface area contributed by atoms with Crippen molar-refractivity contribution in [1.29, 1.82) is 5.41 Å². The van der Waals surface area contributed by atoms with E-state index < -0.39 is 0 Å². The number of aromatic nitrogens is 2. The number of piperidine rings is 1. The second-order valence-corrected chi connectivity index (χ2v) is 8.09. The second kappa shape index (κ2) is 10.4. The predicted octanol–water partition coefficient (Wildman–Crippen LogP) is 2.97. The average molecular weight is 412 g/mol. The van der Waals surface area contributed by atoms with Crippen LogP contribution < -0.4 is 15.4 Å². The normalized spacial score (nSPS) is 15.2. The Morgan fingerprint density at radius 2 is 2.03 bits per heavy atom. The smallest absolute Gasteiger partial charge is 0.227 e. The van der Waals surface area contributed by atoms with E-state index in [9.17, 15) is 0 Å². The fraction of sp³-hybridized carbons (Fsp3) is 0.500. The highest BCUT2D eigenvalue weighted by atomic mass is 16.5. The summed E-state index contributed by atoms with van der Waals surface area (Å²) >= 11 is 0. The van der Waals surface area contributed by atoms with Crippen molar-refractivity contribution < 1.29 is 4.74 Å². The summed E-state index contributed by atoms with van der Waals surface area (Å²) < 4.78 is 6.13. The molecule has 0 spiro atoms. The lowest BCUT2D eigenvalue weighted by Gasteiger charge is -2.29. The number of rotatable bonds is 9. The van der Waals surface area contributed by atoms with Crippen molar-refractivity contribution >= 4 is 23.4 Å². The molecule has 0 bridgehead atoms. The van der Waals surface area contributed by atoms with Crippen LogP contribution in [0.3, 0.4) is 0 Å². The molecule has 2 heterocycles. The van der Waals surface area contributed by atoms with Gasteiger partial charge < -0.3 is 30.6 Å². The lowest BCUT2D eigenvalue weighted by molar-refractivity contribution is 0.110. The summed E-state index contributed by atoms with van der Waals surface area (Å²) in [6.45, 7) is 5.94. The number of likely N-dealkylation sites (N-methyl/N-ethyl adjacent to an activating group) is 1. The third kappa shape index (κ3) is 5.90. The molecule has 8 heteroatoms. The first kappa shape index (κ1) is 22.0. The number of hydrogen-bond donors (Lipinski definition) is 3. The molecule has 2 aromatic rings. The van der Waals surface area contributed by atoms with E-state index in [1.54, 1.807) is 0 Å². The molecule has 3 rings (SSSR count). The van der Waals surface area contributed by atoms with E-state index in [2.05, 4.69) is 64.5 Å². The molecule has 0 radical (unpaired) electrons. The van der Waals surface area contributed by atoms with Gasteiger partial charge >= 0.3 is 0 Å². The van der Waals surface area contributed by atoms with Crippen LogP contribution in [0, 0.1) is 12.3 Å². The molecule has 1 aromatic carbocycles. The monoisotopic (exact) mass is 411 g/mol. The average Bonchev–Trinajstić information content (AvgIpc) is 2.71. The van der Waals surface area contributed by atoms with Crippen LogP contribution in [0.25, 0.3) is 0 Å². The maximum absolute atomic E-state index is 7.89. The van der Waals surface area contributed by atoms with Gasteiger partial charge in [-0.15, -0.1) is 0 Å². The zero-order valence-corrected chi connectivity index (χ0v) is 18.4. The van der Waals surface area contributed by atoms with Crippen LogP contribution in [0.1, 0.15) is 24.0 Å². The standard InChI is InChI=1S/C22H33N7O/c1-16-13-17(24-9-12-28(2)3)5-6-20(16)27-21-19(14-23)22(26-15-25-21)30-18-7-10-29(4)11-8-18/h5-6,13-15,18,23-24H,7-12H2,1-4H3,(H,25,26,27). The minimum atomic E-state index is 0.122. The summed E-state index contributed by atoms with van der Waals surface area (Å²) in [4.78, 5) is 13.1. The van der Waals surface area contributed by atoms with Gasteiger partial charge in [0, 0.05) is 43.8 Å². The maximum atomic E-state index is 7.89. The molecule has 0 atom stereocenters. The Balaban J connectivity index is 1.71. The Morgan fingerprint density at radius 3 is 2.70 bits per heavy atom. The molecule has 0 unspecified atom stereocenters. The fourth-order valence-corrected chi connectivity index (χ4v) is 3.43. The zero-order chi connectivity index (χ0) is 21.5. The largest absolute Gasteiger partial charge is 0.474 e. The molecule has 1 saturated heterocycles. The number of likely N-dealkylation sites (tertiary alicyclic amines) is 1. The van der Waals surface area contributed by atoms with E-state index >= 15 is 0 Å². The van der Waals surface area contributed by atoms with Crippen molar-refractivity contribution in [1.82, 2.24) is 19.8 Å². The first-order valence-electron chi connectivity index (χ1n) is 10.4. The van der Waals surface area contributed by atoms with Gasteiger partial charge in [0.25, 0.3) is 0 Å². The molecule has 1 aliphatic rings. The number of ether oxygens (including phenoxy) is 1. The van der Waals surface area contributed by atoms with Gasteiger partial charge in [0.05, 0.1) is 5.56 Å². The molecule has 30 heavy (non-hydrogen) atoms. The van der Waals surface area contributed by atoms with Crippen LogP contribution in [0.4, 0.5) is 17.2 Å². The Hall–Kier alpha value is -2.71. The molecule has 162 valence electrons. The molecule has 3 N–H and O–H groups in total. The molecule has 1 fully saturated rings. The maximum Gasteiger partial charge on any atom is 0.227 e. The van der Waals surface area contributed by atoms with Crippen LogP contribution in [0.15, 0.2) is 24.5 Å². The van der Waals surface area contributed by atoms with Crippen molar-refractivity contribution in [2.24, 2.45) is 0 Å². The van der Waals surface area contributed by atoms with Gasteiger partial charge in [-0.3, -0.25) is 0 Å². The van der Waals surface area contributed by atoms with Crippen LogP contribution in [-0.4, -0.2) is 79.4 Å². The van der Waals surface area contributed by atoms with Gasteiger partial charge in [-0.05, 0) is 64.7 Å². The number of hydrogen-bond acceptors (Lipinski definition) is 8. The van der Waals surface area contributed by atoms with Crippen LogP contribution in [0.2, 0.25) is 0 Å². The van der Waals surface area contributed by atoms with Crippen LogP contribution in [0.5, 0.6) is 5.88 Å². The summed E-state index contributed by atoms with van der Waals surface area (Å²) in [6, 6.07) is 6.19. The topological polar surface area (TPSA) is 89.4 Å². The Kier molecular flexibility index (Phi) is 7.59. The van der Waals surface area contributed by atoms with E-state index in [1.807, 2.05) is 12.1 Å². The quantitative estimate of drug-likeness (QED) is 0.547. The van der Waals surface area contributed by atoms with Gasteiger partial charge in [-0.1, -0.05) is 0 Å². The van der Waals surface area contributed by atoms with Gasteiger partial charge in [0.15, 0.2) is 0 Å². The third-order valence-electron chi connectivity index (χ3n) is 5.30. The number of anilines is 3. The van der Waals surface area contributed by atoms with Crippen molar-refractivity contribution in [2.75, 3.05) is 58.0 Å². The summed E-state index contributed by atoms with van der Waals surface area (Å²) in [5, 5.41) is 14.7. The molecule has 0 aliphatic carbocycles. The molecule has 0 saturated carbocycles. The lowest BCUT2D eigenvalue weighted by Crippen LogP contribution is -2.36. The summed E-state index contributed by atoms with van der Waals surface area (Å²) in [7, 11) is 6.25. The minimum absolute atomic E-state index is 0.122. The van der Waals surface area contributed by atoms with E-state index in [-0.39, 0.29) is 6.10 Å². The summed E-state index contributed by atoms with van der Waals surface area (Å²) in [5.41, 5.74) is 3.70. The summed E-state index contributed by atoms with van der Waals surface area (Å²) in [5.74, 6) is 1.05. The van der Waals surface area contributed by atoms with E-state index in [0.29, 0.717) is 17.3 Å². The van der Waals surface area contributed by atoms with Gasteiger partial charge in [-0.2, -0.15) is 0 Å². The number of aryl methyl sites for hydroxylation is 1. The van der Waals surface area contributed by atoms with E-state index in [0.717, 1.165) is 56.0 Å². The number of nitrogens with one attached hydrogen (secondary N) is 3. The van der Waals surface area contributed by atoms with Gasteiger partial charge in [0.2, 0.25) is 5.88 Å². The highest BCUT2D eigenvalue weighted by molar-refractivity contribution is 5.88. The van der Waals surface area contributed by atoms with Crippen LogP contribution in [-0.2, 0) is 0 Å². The highest BCUT2D eigenvalue weighted by Crippen LogP contribution is 2.28. The Bertz CT molecular complexity index is 847. The molecule has 1 aromatic heterocycles. The first-order chi connectivity index (χ1) is 14.5. The number of nitrogens with zero attached hydrogens (tertiary/aromatic N) is 4. The van der Waals surface area contributed by atoms with Crippen molar-refractivity contribution in [2.45, 2.75) is 25.9 Å². The highest BCUT2D eigenvalue weighted by Gasteiger charge is 2.21. The molecular weight excluding hydrogens is 378 g/mol. The minimum Gasteiger partial charge on any atom is -0.474 e. The fourth-order valence-electron chi connectivity index (χ4n) is 3.43. The lowest BCUT2D eigenvalue weighted by atomic mass is 10.1. The van der Waals surface area contributed by atoms with Crippen LogP contribution >= 0.6 is 0 Å². The Labute approximate surface area is 179 Å². The molecular formula is C22H33N7O. The van der Waals surface area contributed by atoms with Gasteiger partial charge in [-0.25, -0.2) is 9.97 Å². The first-order valence-corrected chi connectivity index (χ1v) is 10.4.